The molecule has 1 aliphatic heterocycles. The fourth-order valence-corrected chi connectivity index (χ4v) is 3.67. The van der Waals surface area contributed by atoms with Crippen LogP contribution in [0.25, 0.3) is 5.69 Å². The molecule has 0 N–H and O–H groups in total. The number of nitrogens with zero attached hydrogens (tertiary/aromatic N) is 2. The van der Waals surface area contributed by atoms with E-state index in [2.05, 4.69) is 30.0 Å². The van der Waals surface area contributed by atoms with E-state index in [0.717, 1.165) is 24.7 Å². The van der Waals surface area contributed by atoms with Gasteiger partial charge >= 0.3 is 6.18 Å². The van der Waals surface area contributed by atoms with Crippen molar-refractivity contribution in [2.45, 2.75) is 25.9 Å². The second kappa shape index (κ2) is 7.45. The topological polar surface area (TPSA) is 17.4 Å². The molecule has 1 aliphatic rings. The summed E-state index contributed by atoms with van der Waals surface area (Å²) >= 11 is 0. The number of hydrogen-bond donors (Lipinski definition) is 0. The largest absolute Gasteiger partial charge is 0.418 e. The Morgan fingerprint density at radius 3 is 2.68 bits per heavy atom. The van der Waals surface area contributed by atoms with E-state index >= 15 is 0 Å². The Hall–Kier alpha value is -2.57. The zero-order chi connectivity index (χ0) is 19.7. The third kappa shape index (κ3) is 3.84. The van der Waals surface area contributed by atoms with E-state index in [1.165, 1.54) is 27.8 Å². The fraction of sp³-hybridized carbons (Fsp3) is 0.273. The van der Waals surface area contributed by atoms with Crippen LogP contribution >= 0.6 is 0 Å². The monoisotopic (exact) mass is 386 g/mol. The zero-order valence-corrected chi connectivity index (χ0v) is 15.5. The lowest BCUT2D eigenvalue weighted by molar-refractivity contribution is -0.137. The molecule has 4 rings (SSSR count). The van der Waals surface area contributed by atoms with Gasteiger partial charge in [-0.1, -0.05) is 42.0 Å². The van der Waals surface area contributed by atoms with Crippen LogP contribution in [-0.2, 0) is 17.5 Å². The number of para-hydroxylation sites is 1. The molecular weight excluding hydrogens is 365 g/mol. The Labute approximate surface area is 162 Å². The molecule has 1 aromatic heterocycles. The van der Waals surface area contributed by atoms with Crippen molar-refractivity contribution in [3.8, 4) is 5.69 Å². The molecule has 1 saturated heterocycles. The second-order valence-corrected chi connectivity index (χ2v) is 7.05. The molecule has 3 aromatic rings. The van der Waals surface area contributed by atoms with Crippen LogP contribution < -0.4 is 0 Å². The van der Waals surface area contributed by atoms with Crippen molar-refractivity contribution < 1.29 is 17.9 Å². The summed E-state index contributed by atoms with van der Waals surface area (Å²) in [4.78, 5) is 2.20. The summed E-state index contributed by atoms with van der Waals surface area (Å²) in [6.45, 7) is 4.17. The van der Waals surface area contributed by atoms with E-state index in [9.17, 15) is 13.2 Å². The van der Waals surface area contributed by atoms with Crippen LogP contribution in [0.5, 0.6) is 0 Å². The number of halogens is 3. The van der Waals surface area contributed by atoms with Crippen molar-refractivity contribution in [1.29, 1.82) is 0 Å². The minimum atomic E-state index is -4.40. The highest BCUT2D eigenvalue weighted by atomic mass is 19.4. The highest BCUT2D eigenvalue weighted by Gasteiger charge is 2.34. The van der Waals surface area contributed by atoms with Crippen LogP contribution in [0, 0.1) is 6.92 Å². The molecule has 0 saturated carbocycles. The van der Waals surface area contributed by atoms with Gasteiger partial charge in [-0.25, -0.2) is 0 Å². The van der Waals surface area contributed by atoms with Gasteiger partial charge in [0.15, 0.2) is 0 Å². The average molecular weight is 386 g/mol. The van der Waals surface area contributed by atoms with Gasteiger partial charge in [-0.15, -0.1) is 0 Å². The van der Waals surface area contributed by atoms with E-state index in [1.807, 2.05) is 12.1 Å². The van der Waals surface area contributed by atoms with Gasteiger partial charge < -0.3 is 9.30 Å². The molecule has 0 spiro atoms. The summed E-state index contributed by atoms with van der Waals surface area (Å²) in [6, 6.07) is 15.7. The van der Waals surface area contributed by atoms with Crippen molar-refractivity contribution in [2.24, 2.45) is 0 Å². The minimum absolute atomic E-state index is 0.115. The summed E-state index contributed by atoms with van der Waals surface area (Å²) in [5, 5.41) is 0. The summed E-state index contributed by atoms with van der Waals surface area (Å²) in [7, 11) is 0. The van der Waals surface area contributed by atoms with Gasteiger partial charge in [0.05, 0.1) is 17.9 Å². The van der Waals surface area contributed by atoms with Crippen molar-refractivity contribution in [2.75, 3.05) is 13.2 Å². The molecule has 0 amide bonds. The fourth-order valence-electron chi connectivity index (χ4n) is 3.67. The van der Waals surface area contributed by atoms with Gasteiger partial charge in [-0.3, -0.25) is 4.90 Å². The maximum absolute atomic E-state index is 13.3. The molecule has 3 nitrogen and oxygen atoms in total. The first kappa shape index (κ1) is 18.8. The van der Waals surface area contributed by atoms with Gasteiger partial charge in [0.25, 0.3) is 0 Å². The molecule has 0 unspecified atom stereocenters. The molecule has 146 valence electrons. The lowest BCUT2D eigenvalue weighted by Gasteiger charge is -2.22. The van der Waals surface area contributed by atoms with E-state index in [4.69, 9.17) is 4.74 Å². The van der Waals surface area contributed by atoms with Gasteiger partial charge in [0.2, 0.25) is 0 Å². The zero-order valence-electron chi connectivity index (χ0n) is 15.5. The van der Waals surface area contributed by atoms with E-state index < -0.39 is 11.7 Å². The van der Waals surface area contributed by atoms with Crippen LogP contribution in [0.1, 0.15) is 28.5 Å². The first-order valence-corrected chi connectivity index (χ1v) is 9.17. The number of ether oxygens (including phenoxy) is 1. The third-order valence-corrected chi connectivity index (χ3v) is 4.94. The van der Waals surface area contributed by atoms with Gasteiger partial charge in [-0.05, 0) is 30.7 Å². The second-order valence-electron chi connectivity index (χ2n) is 7.05. The maximum Gasteiger partial charge on any atom is 0.418 e. The summed E-state index contributed by atoms with van der Waals surface area (Å²) in [5.41, 5.74) is 2.70. The molecule has 2 aromatic carbocycles. The Balaban J connectivity index is 1.59. The van der Waals surface area contributed by atoms with Gasteiger partial charge in [-0.2, -0.15) is 13.2 Å². The normalized spacial score (nSPS) is 17.9. The molecule has 0 bridgehead atoms. The van der Waals surface area contributed by atoms with Crippen molar-refractivity contribution >= 4 is 0 Å². The number of rotatable bonds is 4. The van der Waals surface area contributed by atoms with E-state index in [1.54, 1.807) is 18.5 Å². The number of hydrogen-bond acceptors (Lipinski definition) is 2. The number of benzene rings is 2. The molecular formula is C22H21F3N2O. The smallest absolute Gasteiger partial charge is 0.357 e. The number of alkyl halides is 3. The Bertz CT molecular complexity index is 964. The summed E-state index contributed by atoms with van der Waals surface area (Å²) in [5.74, 6) is 0. The molecule has 28 heavy (non-hydrogen) atoms. The average Bonchev–Trinajstić information content (AvgIpc) is 3.30. The molecule has 1 fully saturated rings. The minimum Gasteiger partial charge on any atom is -0.357 e. The van der Waals surface area contributed by atoms with Crippen LogP contribution in [0.2, 0.25) is 0 Å². The first-order valence-electron chi connectivity index (χ1n) is 9.17. The predicted molar refractivity (Wildman–Crippen MR) is 101 cm³/mol. The van der Waals surface area contributed by atoms with Gasteiger partial charge in [0, 0.05) is 31.0 Å². The van der Waals surface area contributed by atoms with Crippen molar-refractivity contribution in [1.82, 2.24) is 9.47 Å². The third-order valence-electron chi connectivity index (χ3n) is 4.94. The molecule has 2 heterocycles. The number of aromatic nitrogens is 1. The quantitative estimate of drug-likeness (QED) is 0.603. The highest BCUT2D eigenvalue weighted by molar-refractivity contribution is 5.44. The lowest BCUT2D eigenvalue weighted by atomic mass is 10.1. The number of aryl methyl sites for hydroxylation is 1. The molecule has 1 atom stereocenters. The Morgan fingerprint density at radius 1 is 1.07 bits per heavy atom. The van der Waals surface area contributed by atoms with E-state index in [0.29, 0.717) is 6.61 Å². The van der Waals surface area contributed by atoms with Crippen LogP contribution in [0.15, 0.2) is 67.0 Å². The lowest BCUT2D eigenvalue weighted by Crippen LogP contribution is -2.23. The van der Waals surface area contributed by atoms with Crippen LogP contribution in [0.4, 0.5) is 13.2 Å². The summed E-state index contributed by atoms with van der Waals surface area (Å²) < 4.78 is 47.4. The van der Waals surface area contributed by atoms with E-state index in [-0.39, 0.29) is 11.9 Å². The summed E-state index contributed by atoms with van der Waals surface area (Å²) in [6.07, 6.45) is -1.28. The van der Waals surface area contributed by atoms with Crippen LogP contribution in [-0.4, -0.2) is 22.6 Å². The SMILES string of the molecule is Cc1cccc(CN2CCO[C@H]2c2ccn(-c3ccccc3C(F)(F)F)c2)c1. The predicted octanol–water partition coefficient (Wildman–Crippen LogP) is 5.34. The highest BCUT2D eigenvalue weighted by Crippen LogP contribution is 2.35. The first-order chi connectivity index (χ1) is 13.4. The van der Waals surface area contributed by atoms with Crippen molar-refractivity contribution in [3.63, 3.8) is 0 Å². The molecule has 0 radical (unpaired) electrons. The van der Waals surface area contributed by atoms with Gasteiger partial charge in [0.1, 0.15) is 6.23 Å². The van der Waals surface area contributed by atoms with Crippen molar-refractivity contribution in [3.05, 3.63) is 89.2 Å². The molecule has 0 aliphatic carbocycles. The Morgan fingerprint density at radius 2 is 1.89 bits per heavy atom. The standard InChI is InChI=1S/C22H21F3N2O/c1-16-5-4-6-17(13-16)14-27-11-12-28-21(27)18-9-10-26(15-18)20-8-3-2-7-19(20)22(23,24)25/h2-10,13,15,21H,11-12,14H2,1H3/t21-/m0/s1. The van der Waals surface area contributed by atoms with Crippen LogP contribution in [0.3, 0.4) is 0 Å². The maximum atomic E-state index is 13.3. The Kier molecular flexibility index (Phi) is 5.00. The molecule has 6 heteroatoms.